The minimum Gasteiger partial charge on any atom is -0.512 e. The Morgan fingerprint density at radius 1 is 1.36 bits per heavy atom. The molecular weight excluding hydrogens is 304 g/mol. The average Bonchev–Trinajstić information content (AvgIpc) is 1.82. The number of rotatable bonds is 3. The van der Waals surface area contributed by atoms with E-state index in [1.54, 1.807) is 0 Å². The Hall–Kier alpha value is 0.587. The van der Waals surface area contributed by atoms with Gasteiger partial charge >= 0.3 is 41.7 Å². The van der Waals surface area contributed by atoms with Crippen molar-refractivity contribution in [2.24, 2.45) is 11.3 Å². The predicted molar refractivity (Wildman–Crippen MR) is 54.6 cm³/mol. The smallest absolute Gasteiger partial charge is 0.512 e. The molecule has 0 aromatic heterocycles. The summed E-state index contributed by atoms with van der Waals surface area (Å²) in [6.07, 6.45) is 1.92. The zero-order valence-electron chi connectivity index (χ0n) is 9.72. The van der Waals surface area contributed by atoms with Gasteiger partial charge in [0.25, 0.3) is 0 Å². The van der Waals surface area contributed by atoms with E-state index in [1.165, 1.54) is 6.08 Å². The summed E-state index contributed by atoms with van der Waals surface area (Å²) >= 11 is 0. The van der Waals surface area contributed by atoms with Gasteiger partial charge in [-0.2, -0.15) is 0 Å². The first-order valence-electron chi connectivity index (χ1n) is 4.67. The van der Waals surface area contributed by atoms with Gasteiger partial charge in [-0.25, -0.2) is 0 Å². The summed E-state index contributed by atoms with van der Waals surface area (Å²) in [5.41, 5.74) is -0.398. The molecule has 0 aliphatic heterocycles. The van der Waals surface area contributed by atoms with Crippen LogP contribution in [0.15, 0.2) is 11.8 Å². The first-order valence-corrected chi connectivity index (χ1v) is 4.67. The van der Waals surface area contributed by atoms with Crippen molar-refractivity contribution < 1.29 is 51.6 Å². The van der Waals surface area contributed by atoms with E-state index < -0.39 is 5.41 Å². The molecule has 2 nitrogen and oxygen atoms in total. The number of aliphatic hydroxyl groups is 1. The third kappa shape index (κ3) is 7.94. The third-order valence-corrected chi connectivity index (χ3v) is 1.65. The Bertz CT molecular complexity index is 212. The second-order valence-corrected chi connectivity index (χ2v) is 4.85. The fraction of sp³-hybridized carbons (Fsp3) is 0.727. The molecule has 0 amide bonds. The van der Waals surface area contributed by atoms with E-state index in [-0.39, 0.29) is 53.3 Å². The number of allylic oxidation sites excluding steroid dienone is 2. The number of hydrogen-bond acceptors (Lipinski definition) is 2. The standard InChI is InChI=1S/C11H20O2.Ce/c1-8(2)6-9(12)7-10(13)11(3,4)5;/h7-8,12H,6H2,1-5H3;/q;+4/b9-7-;. The molecule has 14 heavy (non-hydrogen) atoms. The molecule has 0 radical (unpaired) electrons. The summed E-state index contributed by atoms with van der Waals surface area (Å²) in [7, 11) is 0. The third-order valence-electron chi connectivity index (χ3n) is 1.65. The van der Waals surface area contributed by atoms with E-state index in [0.717, 1.165) is 0 Å². The zero-order valence-corrected chi connectivity index (χ0v) is 12.9. The quantitative estimate of drug-likeness (QED) is 0.640. The molecule has 0 rings (SSSR count). The van der Waals surface area contributed by atoms with E-state index in [0.29, 0.717) is 12.3 Å². The molecule has 0 saturated carbocycles. The van der Waals surface area contributed by atoms with Crippen molar-refractivity contribution in [3.63, 3.8) is 0 Å². The van der Waals surface area contributed by atoms with Crippen LogP contribution in [-0.2, 0) is 4.79 Å². The van der Waals surface area contributed by atoms with Crippen molar-refractivity contribution in [2.75, 3.05) is 0 Å². The van der Waals surface area contributed by atoms with Crippen molar-refractivity contribution in [3.05, 3.63) is 11.8 Å². The molecule has 0 heterocycles. The van der Waals surface area contributed by atoms with Gasteiger partial charge in [-0.15, -0.1) is 0 Å². The van der Waals surface area contributed by atoms with E-state index in [4.69, 9.17) is 0 Å². The SMILES string of the molecule is CC(C)C/C(O)=C/C(=O)C(C)(C)C.[Ce+4]. The summed E-state index contributed by atoms with van der Waals surface area (Å²) in [6, 6.07) is 0. The van der Waals surface area contributed by atoms with Crippen LogP contribution in [0.25, 0.3) is 0 Å². The minimum atomic E-state index is -0.398. The second-order valence-electron chi connectivity index (χ2n) is 4.85. The van der Waals surface area contributed by atoms with Crippen LogP contribution in [0.3, 0.4) is 0 Å². The van der Waals surface area contributed by atoms with Crippen LogP contribution in [0.5, 0.6) is 0 Å². The first kappa shape index (κ1) is 17.0. The van der Waals surface area contributed by atoms with Crippen molar-refractivity contribution in [1.82, 2.24) is 0 Å². The minimum absolute atomic E-state index is 0. The predicted octanol–water partition coefficient (Wildman–Crippen LogP) is 3.09. The molecule has 0 aromatic carbocycles. The maximum Gasteiger partial charge on any atom is 4.00 e. The van der Waals surface area contributed by atoms with Crippen LogP contribution >= 0.6 is 0 Å². The van der Waals surface area contributed by atoms with Gasteiger partial charge in [-0.3, -0.25) is 4.79 Å². The van der Waals surface area contributed by atoms with E-state index in [2.05, 4.69) is 0 Å². The Balaban J connectivity index is 0. The summed E-state index contributed by atoms with van der Waals surface area (Å²) in [5, 5.41) is 9.39. The molecular formula is C11H20CeO2+4. The molecule has 0 spiro atoms. The Morgan fingerprint density at radius 3 is 2.07 bits per heavy atom. The van der Waals surface area contributed by atoms with Gasteiger partial charge in [-0.1, -0.05) is 34.6 Å². The largest absolute Gasteiger partial charge is 4.00 e. The summed E-state index contributed by atoms with van der Waals surface area (Å²) < 4.78 is 0. The molecule has 0 saturated heterocycles. The molecule has 0 unspecified atom stereocenters. The van der Waals surface area contributed by atoms with Crippen molar-refractivity contribution in [3.8, 4) is 0 Å². The van der Waals surface area contributed by atoms with Gasteiger partial charge in [0.2, 0.25) is 0 Å². The fourth-order valence-corrected chi connectivity index (χ4v) is 0.845. The van der Waals surface area contributed by atoms with Gasteiger partial charge in [0.1, 0.15) is 0 Å². The molecule has 0 bridgehead atoms. The molecule has 0 aliphatic rings. The zero-order chi connectivity index (χ0) is 10.6. The van der Waals surface area contributed by atoms with Crippen LogP contribution in [0.2, 0.25) is 0 Å². The number of carbonyl (C=O) groups is 1. The topological polar surface area (TPSA) is 37.3 Å². The van der Waals surface area contributed by atoms with E-state index in [9.17, 15) is 9.90 Å². The second kappa shape index (κ2) is 6.96. The van der Waals surface area contributed by atoms with Crippen LogP contribution in [-0.4, -0.2) is 10.9 Å². The maximum absolute atomic E-state index is 11.4. The van der Waals surface area contributed by atoms with Crippen molar-refractivity contribution in [1.29, 1.82) is 0 Å². The number of carbonyl (C=O) groups excluding carboxylic acids is 1. The summed E-state index contributed by atoms with van der Waals surface area (Å²) in [4.78, 5) is 11.4. The molecule has 1 N–H and O–H groups in total. The normalized spacial score (nSPS) is 12.6. The molecule has 3 heteroatoms. The molecule has 0 aliphatic carbocycles. The van der Waals surface area contributed by atoms with Crippen LogP contribution in [0, 0.1) is 53.1 Å². The van der Waals surface area contributed by atoms with Gasteiger partial charge < -0.3 is 5.11 Å². The number of aliphatic hydroxyl groups excluding tert-OH is 1. The van der Waals surface area contributed by atoms with Crippen LogP contribution < -0.4 is 0 Å². The van der Waals surface area contributed by atoms with Crippen LogP contribution in [0.1, 0.15) is 41.0 Å². The Kier molecular flexibility index (Phi) is 8.45. The van der Waals surface area contributed by atoms with Gasteiger partial charge in [0.05, 0.1) is 5.76 Å². The monoisotopic (exact) mass is 324 g/mol. The number of hydrogen-bond donors (Lipinski definition) is 1. The molecule has 0 aromatic rings. The van der Waals surface area contributed by atoms with Crippen molar-refractivity contribution in [2.45, 2.75) is 41.0 Å². The molecule has 0 fully saturated rings. The Morgan fingerprint density at radius 2 is 1.79 bits per heavy atom. The summed E-state index contributed by atoms with van der Waals surface area (Å²) in [5.74, 6) is 0.546. The van der Waals surface area contributed by atoms with E-state index in [1.807, 2.05) is 34.6 Å². The fourth-order valence-electron chi connectivity index (χ4n) is 0.845. The maximum atomic E-state index is 11.4. The van der Waals surface area contributed by atoms with Gasteiger partial charge in [0, 0.05) is 17.9 Å². The summed E-state index contributed by atoms with van der Waals surface area (Å²) in [6.45, 7) is 9.54. The average molecular weight is 324 g/mol. The molecule has 76 valence electrons. The Labute approximate surface area is 121 Å². The van der Waals surface area contributed by atoms with Gasteiger partial charge in [-0.05, 0) is 5.92 Å². The van der Waals surface area contributed by atoms with Crippen LogP contribution in [0.4, 0.5) is 0 Å². The van der Waals surface area contributed by atoms with Crippen molar-refractivity contribution >= 4 is 5.78 Å². The van der Waals surface area contributed by atoms with Gasteiger partial charge in [0.15, 0.2) is 5.78 Å². The number of ketones is 1. The van der Waals surface area contributed by atoms with E-state index >= 15 is 0 Å². The molecule has 0 atom stereocenters. The first-order chi connectivity index (χ1) is 5.73.